The number of rotatable bonds is 5. The van der Waals surface area contributed by atoms with Crippen LogP contribution < -0.4 is 16.0 Å². The molecule has 2 amide bonds. The van der Waals surface area contributed by atoms with Gasteiger partial charge in [0.1, 0.15) is 6.04 Å². The van der Waals surface area contributed by atoms with E-state index in [-0.39, 0.29) is 36.2 Å². The summed E-state index contributed by atoms with van der Waals surface area (Å²) >= 11 is 6.07. The summed E-state index contributed by atoms with van der Waals surface area (Å²) in [4.78, 5) is 25.1. The van der Waals surface area contributed by atoms with Crippen LogP contribution in [0.4, 0.5) is 0 Å². The first-order chi connectivity index (χ1) is 11.4. The molecule has 0 saturated carbocycles. The number of nitrogens with one attached hydrogen (secondary N) is 3. The number of hydrogen-bond donors (Lipinski definition) is 3. The second-order valence-corrected chi connectivity index (χ2v) is 7.17. The Morgan fingerprint density at radius 2 is 1.96 bits per heavy atom. The fourth-order valence-corrected chi connectivity index (χ4v) is 3.17. The largest absolute Gasteiger partial charge is 0.351 e. The Kier molecular flexibility index (Phi) is 8.69. The summed E-state index contributed by atoms with van der Waals surface area (Å²) in [5.41, 5.74) is 0.383. The van der Waals surface area contributed by atoms with Crippen LogP contribution in [0.2, 0.25) is 5.02 Å². The van der Waals surface area contributed by atoms with Crippen LogP contribution in [-0.2, 0) is 4.79 Å². The molecule has 0 bridgehead atoms. The molecule has 0 aliphatic carbocycles. The molecule has 0 spiro atoms. The average molecular weight is 388 g/mol. The van der Waals surface area contributed by atoms with Crippen LogP contribution in [0.1, 0.15) is 44.0 Å². The fourth-order valence-electron chi connectivity index (χ4n) is 2.95. The first-order valence-corrected chi connectivity index (χ1v) is 8.85. The van der Waals surface area contributed by atoms with E-state index in [2.05, 4.69) is 22.9 Å². The van der Waals surface area contributed by atoms with Crippen molar-refractivity contribution < 1.29 is 9.59 Å². The lowest BCUT2D eigenvalue weighted by Crippen LogP contribution is -2.54. The van der Waals surface area contributed by atoms with Crippen molar-refractivity contribution in [3.8, 4) is 0 Å². The van der Waals surface area contributed by atoms with E-state index in [0.29, 0.717) is 16.6 Å². The molecule has 5 nitrogen and oxygen atoms in total. The molecule has 2 rings (SSSR count). The molecule has 140 valence electrons. The van der Waals surface area contributed by atoms with Crippen LogP contribution in [0.3, 0.4) is 0 Å². The van der Waals surface area contributed by atoms with E-state index < -0.39 is 6.04 Å². The maximum Gasteiger partial charge on any atom is 0.253 e. The highest BCUT2D eigenvalue weighted by atomic mass is 35.5. The van der Waals surface area contributed by atoms with Gasteiger partial charge in [-0.05, 0) is 44.4 Å². The van der Waals surface area contributed by atoms with Gasteiger partial charge in [0.15, 0.2) is 0 Å². The van der Waals surface area contributed by atoms with Crippen molar-refractivity contribution in [3.63, 3.8) is 0 Å². The number of hydrogen-bond acceptors (Lipinski definition) is 3. The number of halogens is 2. The third-order valence-electron chi connectivity index (χ3n) is 4.32. The Morgan fingerprint density at radius 1 is 1.28 bits per heavy atom. The van der Waals surface area contributed by atoms with Crippen molar-refractivity contribution in [2.75, 3.05) is 6.54 Å². The zero-order chi connectivity index (χ0) is 17.7. The molecule has 1 aromatic carbocycles. The molecule has 3 N–H and O–H groups in total. The minimum absolute atomic E-state index is 0. The highest BCUT2D eigenvalue weighted by molar-refractivity contribution is 6.33. The minimum atomic E-state index is -0.584. The number of benzene rings is 1. The number of carbonyl (C=O) groups excluding carboxylic acids is 2. The molecule has 1 heterocycles. The van der Waals surface area contributed by atoms with E-state index in [1.54, 1.807) is 24.3 Å². The Labute approximate surface area is 160 Å². The molecule has 0 radical (unpaired) electrons. The summed E-state index contributed by atoms with van der Waals surface area (Å²) in [7, 11) is 0. The van der Waals surface area contributed by atoms with Crippen molar-refractivity contribution in [1.29, 1.82) is 0 Å². The first-order valence-electron chi connectivity index (χ1n) is 8.47. The lowest BCUT2D eigenvalue weighted by molar-refractivity contribution is -0.124. The van der Waals surface area contributed by atoms with Gasteiger partial charge in [0, 0.05) is 12.1 Å². The molecule has 3 unspecified atom stereocenters. The Balaban J connectivity index is 0.00000312. The summed E-state index contributed by atoms with van der Waals surface area (Å²) in [5, 5.41) is 9.64. The summed E-state index contributed by atoms with van der Waals surface area (Å²) in [5.74, 6) is -0.479. The lowest BCUT2D eigenvalue weighted by atomic mass is 9.98. The number of piperidine rings is 1. The molecule has 3 atom stereocenters. The van der Waals surface area contributed by atoms with Gasteiger partial charge in [-0.25, -0.2) is 0 Å². The van der Waals surface area contributed by atoms with Crippen LogP contribution in [0.25, 0.3) is 0 Å². The summed E-state index contributed by atoms with van der Waals surface area (Å²) in [6, 6.07) is 6.79. The minimum Gasteiger partial charge on any atom is -0.351 e. The summed E-state index contributed by atoms with van der Waals surface area (Å²) in [6.07, 6.45) is 1.80. The summed E-state index contributed by atoms with van der Waals surface area (Å²) < 4.78 is 0. The molecule has 0 aromatic heterocycles. The molecule has 1 saturated heterocycles. The maximum absolute atomic E-state index is 12.6. The van der Waals surface area contributed by atoms with Crippen LogP contribution in [-0.4, -0.2) is 36.5 Å². The van der Waals surface area contributed by atoms with E-state index in [4.69, 9.17) is 11.6 Å². The monoisotopic (exact) mass is 387 g/mol. The average Bonchev–Trinajstić information content (AvgIpc) is 2.52. The smallest absolute Gasteiger partial charge is 0.253 e. The molecule has 1 aromatic rings. The quantitative estimate of drug-likeness (QED) is 0.727. The normalized spacial score (nSPS) is 21.2. The van der Waals surface area contributed by atoms with E-state index >= 15 is 0 Å². The van der Waals surface area contributed by atoms with Gasteiger partial charge < -0.3 is 16.0 Å². The van der Waals surface area contributed by atoms with Crippen LogP contribution in [0, 0.1) is 5.92 Å². The van der Waals surface area contributed by atoms with Gasteiger partial charge in [0.25, 0.3) is 5.91 Å². The Hall–Kier alpha value is -1.30. The second-order valence-electron chi connectivity index (χ2n) is 6.76. The first kappa shape index (κ1) is 21.7. The van der Waals surface area contributed by atoms with Crippen LogP contribution in [0.5, 0.6) is 0 Å². The molecular weight excluding hydrogens is 361 g/mol. The van der Waals surface area contributed by atoms with Crippen LogP contribution >= 0.6 is 24.0 Å². The third-order valence-corrected chi connectivity index (χ3v) is 4.65. The molecule has 7 heteroatoms. The van der Waals surface area contributed by atoms with E-state index in [1.165, 1.54) is 0 Å². The van der Waals surface area contributed by atoms with Crippen molar-refractivity contribution >= 4 is 35.8 Å². The highest BCUT2D eigenvalue weighted by Gasteiger charge is 2.28. The highest BCUT2D eigenvalue weighted by Crippen LogP contribution is 2.16. The topological polar surface area (TPSA) is 70.2 Å². The lowest BCUT2D eigenvalue weighted by Gasteiger charge is -2.31. The van der Waals surface area contributed by atoms with Crippen molar-refractivity contribution in [2.24, 2.45) is 5.92 Å². The van der Waals surface area contributed by atoms with E-state index in [1.807, 2.05) is 13.8 Å². The molecule has 1 aliphatic rings. The van der Waals surface area contributed by atoms with Crippen LogP contribution in [0.15, 0.2) is 24.3 Å². The molecule has 1 aliphatic heterocycles. The van der Waals surface area contributed by atoms with Gasteiger partial charge >= 0.3 is 0 Å². The number of amides is 2. The predicted octanol–water partition coefficient (Wildman–Crippen LogP) is 2.77. The van der Waals surface area contributed by atoms with Gasteiger partial charge in [-0.15, -0.1) is 12.4 Å². The Bertz CT molecular complexity index is 595. The Morgan fingerprint density at radius 3 is 2.56 bits per heavy atom. The van der Waals surface area contributed by atoms with E-state index in [9.17, 15) is 9.59 Å². The SMILES string of the molecule is CC1CC(NC(=O)C(NC(=O)c2ccccc2Cl)C(C)C)CCN1.Cl. The summed E-state index contributed by atoms with van der Waals surface area (Å²) in [6.45, 7) is 6.84. The zero-order valence-corrected chi connectivity index (χ0v) is 16.4. The molecular formula is C18H27Cl2N3O2. The van der Waals surface area contributed by atoms with Crippen molar-refractivity contribution in [3.05, 3.63) is 34.9 Å². The van der Waals surface area contributed by atoms with Gasteiger partial charge in [0.05, 0.1) is 10.6 Å². The maximum atomic E-state index is 12.6. The van der Waals surface area contributed by atoms with Crippen molar-refractivity contribution in [1.82, 2.24) is 16.0 Å². The second kappa shape index (κ2) is 10.00. The van der Waals surface area contributed by atoms with Gasteiger partial charge in [-0.1, -0.05) is 37.6 Å². The zero-order valence-electron chi connectivity index (χ0n) is 14.8. The van der Waals surface area contributed by atoms with E-state index in [0.717, 1.165) is 19.4 Å². The van der Waals surface area contributed by atoms with Crippen molar-refractivity contribution in [2.45, 2.75) is 51.7 Å². The van der Waals surface area contributed by atoms with Gasteiger partial charge in [-0.3, -0.25) is 9.59 Å². The van der Waals surface area contributed by atoms with Gasteiger partial charge in [-0.2, -0.15) is 0 Å². The van der Waals surface area contributed by atoms with Gasteiger partial charge in [0.2, 0.25) is 5.91 Å². The third kappa shape index (κ3) is 6.17. The standard InChI is InChI=1S/C18H26ClN3O2.ClH/c1-11(2)16(18(24)21-13-8-9-20-12(3)10-13)22-17(23)14-6-4-5-7-15(14)19;/h4-7,11-13,16,20H,8-10H2,1-3H3,(H,21,24)(H,22,23);1H. The molecule has 25 heavy (non-hydrogen) atoms. The fraction of sp³-hybridized carbons (Fsp3) is 0.556. The molecule has 1 fully saturated rings. The predicted molar refractivity (Wildman–Crippen MR) is 103 cm³/mol. The number of carbonyl (C=O) groups is 2.